The minimum atomic E-state index is -3.86. The van der Waals surface area contributed by atoms with Crippen LogP contribution < -0.4 is 10.5 Å². The van der Waals surface area contributed by atoms with E-state index in [1.54, 1.807) is 41.3 Å². The number of primary sulfonamides is 1. The van der Waals surface area contributed by atoms with Crippen molar-refractivity contribution in [2.24, 2.45) is 5.14 Å². The van der Waals surface area contributed by atoms with Crippen molar-refractivity contribution in [3.8, 4) is 11.3 Å². The molecule has 3 N–H and O–H groups in total. The summed E-state index contributed by atoms with van der Waals surface area (Å²) in [6.07, 6.45) is 0.406. The predicted octanol–water partition coefficient (Wildman–Crippen LogP) is 5.78. The summed E-state index contributed by atoms with van der Waals surface area (Å²) in [6, 6.07) is 17.8. The molecule has 1 fully saturated rings. The monoisotopic (exact) mass is 675 g/mol. The Morgan fingerprint density at radius 1 is 1.02 bits per heavy atom. The highest BCUT2D eigenvalue weighted by atomic mass is 35.5. The van der Waals surface area contributed by atoms with E-state index in [4.69, 9.17) is 21.5 Å². The van der Waals surface area contributed by atoms with Gasteiger partial charge in [-0.25, -0.2) is 32.1 Å². The topological polar surface area (TPSA) is 118 Å². The highest BCUT2D eigenvalue weighted by Gasteiger charge is 2.23. The number of rotatable bonds is 11. The van der Waals surface area contributed by atoms with Gasteiger partial charge in [-0.15, -0.1) is 0 Å². The molecular formula is C31H32ClF2N5O4S2. The van der Waals surface area contributed by atoms with Crippen molar-refractivity contribution in [2.45, 2.75) is 17.2 Å². The normalized spacial score (nSPS) is 14.1. The van der Waals surface area contributed by atoms with Gasteiger partial charge < -0.3 is 9.64 Å². The molecule has 0 radical (unpaired) electrons. The molecule has 2 heterocycles. The lowest BCUT2D eigenvalue weighted by atomic mass is 9.88. The van der Waals surface area contributed by atoms with E-state index in [0.29, 0.717) is 59.4 Å². The number of nitrogens with zero attached hydrogens (tertiary/aromatic N) is 3. The first-order valence-corrected chi connectivity index (χ1v) is 17.0. The minimum Gasteiger partial charge on any atom is -0.379 e. The Bertz CT molecular complexity index is 1690. The van der Waals surface area contributed by atoms with Crippen molar-refractivity contribution in [3.05, 3.63) is 99.9 Å². The van der Waals surface area contributed by atoms with Gasteiger partial charge in [0.2, 0.25) is 10.0 Å². The zero-order valence-corrected chi connectivity index (χ0v) is 26.6. The number of sulfonamides is 1. The lowest BCUT2D eigenvalue weighted by Crippen LogP contribution is -2.44. The molecule has 3 aromatic carbocycles. The number of carbonyl (C=O) groups excluding carboxylic acids is 1. The summed E-state index contributed by atoms with van der Waals surface area (Å²) in [5, 5.41) is 8.31. The number of benzene rings is 3. The van der Waals surface area contributed by atoms with E-state index in [1.165, 1.54) is 36.4 Å². The van der Waals surface area contributed by atoms with Crippen LogP contribution in [-0.4, -0.2) is 75.2 Å². The number of hydrogen-bond acceptors (Lipinski definition) is 7. The molecule has 1 aromatic heterocycles. The Morgan fingerprint density at radius 3 is 2.22 bits per heavy atom. The van der Waals surface area contributed by atoms with Crippen molar-refractivity contribution in [1.29, 1.82) is 0 Å². The van der Waals surface area contributed by atoms with E-state index in [0.717, 1.165) is 24.4 Å². The molecule has 238 valence electrons. The van der Waals surface area contributed by atoms with Crippen LogP contribution in [0.1, 0.15) is 23.5 Å². The molecule has 1 aliphatic rings. The lowest BCUT2D eigenvalue weighted by Gasteiger charge is -2.31. The summed E-state index contributed by atoms with van der Waals surface area (Å²) in [4.78, 5) is 22.0. The molecule has 1 saturated heterocycles. The van der Waals surface area contributed by atoms with Crippen LogP contribution in [0.2, 0.25) is 4.34 Å². The highest BCUT2D eigenvalue weighted by molar-refractivity contribution is 7.89. The first-order valence-electron chi connectivity index (χ1n) is 14.2. The van der Waals surface area contributed by atoms with Gasteiger partial charge in [-0.05, 0) is 53.9 Å². The Morgan fingerprint density at radius 2 is 1.64 bits per heavy atom. The molecule has 9 nitrogen and oxygen atoms in total. The summed E-state index contributed by atoms with van der Waals surface area (Å²) in [7, 11) is -3.86. The molecule has 0 spiro atoms. The molecule has 5 rings (SSSR count). The van der Waals surface area contributed by atoms with Gasteiger partial charge in [0.05, 0.1) is 18.1 Å². The minimum absolute atomic E-state index is 0.0446. The highest BCUT2D eigenvalue weighted by Crippen LogP contribution is 2.36. The maximum Gasteiger partial charge on any atom is 0.323 e. The molecular weight excluding hydrogens is 644 g/mol. The van der Waals surface area contributed by atoms with Crippen LogP contribution in [0.3, 0.4) is 0 Å². The number of morpholine rings is 1. The van der Waals surface area contributed by atoms with Gasteiger partial charge in [0.1, 0.15) is 21.7 Å². The second-order valence-corrected chi connectivity index (χ2v) is 13.7. The average molecular weight is 676 g/mol. The molecule has 0 unspecified atom stereocenters. The summed E-state index contributed by atoms with van der Waals surface area (Å²) >= 11 is 7.54. The van der Waals surface area contributed by atoms with E-state index in [9.17, 15) is 22.0 Å². The van der Waals surface area contributed by atoms with Gasteiger partial charge in [0.25, 0.3) is 0 Å². The van der Waals surface area contributed by atoms with E-state index in [-0.39, 0.29) is 22.5 Å². The fraction of sp³-hybridized carbons (Fsp3) is 0.290. The van der Waals surface area contributed by atoms with Crippen molar-refractivity contribution < 1.29 is 26.7 Å². The Kier molecular flexibility index (Phi) is 10.8. The van der Waals surface area contributed by atoms with Gasteiger partial charge >= 0.3 is 6.03 Å². The SMILES string of the molecule is NS(=O)(=O)c1ccc(-c2nc(NC(=O)N(CCC(c3cccc(F)c3)c3cccc(F)c3)CCN3CCOCC3)sc2Cl)cc1. The van der Waals surface area contributed by atoms with Crippen LogP contribution in [0.15, 0.2) is 77.7 Å². The molecule has 45 heavy (non-hydrogen) atoms. The number of amides is 2. The first-order chi connectivity index (χ1) is 21.6. The Balaban J connectivity index is 1.35. The molecule has 14 heteroatoms. The maximum atomic E-state index is 14.2. The number of carbonyl (C=O) groups is 1. The molecule has 0 atom stereocenters. The molecule has 2 amide bonds. The lowest BCUT2D eigenvalue weighted by molar-refractivity contribution is 0.0351. The van der Waals surface area contributed by atoms with Crippen molar-refractivity contribution >= 4 is 44.1 Å². The maximum absolute atomic E-state index is 14.2. The molecule has 0 bridgehead atoms. The van der Waals surface area contributed by atoms with Gasteiger partial charge in [-0.3, -0.25) is 10.2 Å². The number of hydrogen-bond donors (Lipinski definition) is 2. The van der Waals surface area contributed by atoms with Gasteiger partial charge in [0.15, 0.2) is 5.13 Å². The summed E-state index contributed by atoms with van der Waals surface area (Å²) in [5.74, 6) is -1.16. The summed E-state index contributed by atoms with van der Waals surface area (Å²) in [5.41, 5.74) is 2.30. The van der Waals surface area contributed by atoms with Crippen LogP contribution in [-0.2, 0) is 14.8 Å². The first kappa shape index (κ1) is 32.9. The van der Waals surface area contributed by atoms with Crippen LogP contribution in [0.5, 0.6) is 0 Å². The number of urea groups is 1. The molecule has 0 saturated carbocycles. The van der Waals surface area contributed by atoms with E-state index in [1.807, 2.05) is 0 Å². The quantitative estimate of drug-likeness (QED) is 0.208. The number of anilines is 1. The third kappa shape index (κ3) is 8.84. The molecule has 0 aliphatic carbocycles. The van der Waals surface area contributed by atoms with Crippen molar-refractivity contribution in [1.82, 2.24) is 14.8 Å². The molecule has 1 aliphatic heterocycles. The second-order valence-electron chi connectivity index (χ2n) is 10.5. The number of nitrogens with two attached hydrogens (primary N) is 1. The number of halogens is 3. The zero-order valence-electron chi connectivity index (χ0n) is 24.2. The van der Waals surface area contributed by atoms with Gasteiger partial charge in [0, 0.05) is 44.2 Å². The Hall–Kier alpha value is -3.46. The van der Waals surface area contributed by atoms with Gasteiger partial charge in [-0.2, -0.15) is 0 Å². The third-order valence-electron chi connectivity index (χ3n) is 7.52. The Labute approximate surface area is 269 Å². The fourth-order valence-electron chi connectivity index (χ4n) is 5.17. The van der Waals surface area contributed by atoms with E-state index in [2.05, 4.69) is 15.2 Å². The van der Waals surface area contributed by atoms with E-state index >= 15 is 0 Å². The summed E-state index contributed by atoms with van der Waals surface area (Å²) in [6.45, 7) is 4.03. The van der Waals surface area contributed by atoms with Crippen LogP contribution >= 0.6 is 22.9 Å². The van der Waals surface area contributed by atoms with Crippen LogP contribution in [0, 0.1) is 11.6 Å². The second kappa shape index (κ2) is 14.8. The van der Waals surface area contributed by atoms with Crippen LogP contribution in [0.4, 0.5) is 18.7 Å². The van der Waals surface area contributed by atoms with E-state index < -0.39 is 27.7 Å². The van der Waals surface area contributed by atoms with Crippen molar-refractivity contribution in [2.75, 3.05) is 51.3 Å². The van der Waals surface area contributed by atoms with Crippen LogP contribution in [0.25, 0.3) is 11.3 Å². The zero-order chi connectivity index (χ0) is 32.0. The number of aromatic nitrogens is 1. The summed E-state index contributed by atoms with van der Waals surface area (Å²) < 4.78 is 57.5. The number of nitrogens with one attached hydrogen (secondary N) is 1. The predicted molar refractivity (Wildman–Crippen MR) is 171 cm³/mol. The third-order valence-corrected chi connectivity index (χ3v) is 9.62. The smallest absolute Gasteiger partial charge is 0.323 e. The number of thiazole rings is 1. The molecule has 4 aromatic rings. The number of ether oxygens (including phenoxy) is 1. The van der Waals surface area contributed by atoms with Gasteiger partial charge in [-0.1, -0.05) is 59.3 Å². The average Bonchev–Trinajstić information content (AvgIpc) is 3.38. The van der Waals surface area contributed by atoms with Crippen molar-refractivity contribution in [3.63, 3.8) is 0 Å². The fourth-order valence-corrected chi connectivity index (χ4v) is 6.76. The largest absolute Gasteiger partial charge is 0.379 e. The standard InChI is InChI=1S/C31H32ClF2N5O4S2/c32-29-28(21-7-9-26(10-8-21)45(35,41)42)36-30(44-29)37-31(40)39(14-13-38-15-17-43-18-16-38)12-11-27(22-3-1-5-24(33)19-22)23-4-2-6-25(34)20-23/h1-10,19-20,27H,11-18H2,(H2,35,41,42)(H,36,37,40).